The highest BCUT2D eigenvalue weighted by Gasteiger charge is 2.22. The van der Waals surface area contributed by atoms with Crippen LogP contribution in [0.3, 0.4) is 0 Å². The van der Waals surface area contributed by atoms with Gasteiger partial charge in [0.1, 0.15) is 33.5 Å². The van der Waals surface area contributed by atoms with Crippen LogP contribution in [0.25, 0.3) is 161 Å². The molecular weight excluding hydrogens is 933 g/mol. The molecule has 5 heterocycles. The minimum absolute atomic E-state index is 0.532. The third kappa shape index (κ3) is 6.66. The van der Waals surface area contributed by atoms with Crippen LogP contribution in [0.1, 0.15) is 0 Å². The number of furan rings is 3. The molecule has 7 nitrogen and oxygen atoms in total. The van der Waals surface area contributed by atoms with Crippen molar-refractivity contribution in [2.45, 2.75) is 0 Å². The smallest absolute Gasteiger partial charge is 0.164 e. The number of hydrogen-bond donors (Lipinski definition) is 0. The molecule has 0 aliphatic heterocycles. The van der Waals surface area contributed by atoms with Crippen LogP contribution in [0.2, 0.25) is 0 Å². The Labute approximate surface area is 434 Å². The minimum atomic E-state index is 0.532. The lowest BCUT2D eigenvalue weighted by molar-refractivity contribution is 0.668. The summed E-state index contributed by atoms with van der Waals surface area (Å²) in [6.07, 6.45) is 0. The van der Waals surface area contributed by atoms with Gasteiger partial charge in [-0.05, 0) is 112 Å². The maximum absolute atomic E-state index is 6.74. The number of hydrogen-bond acceptors (Lipinski definition) is 6. The molecule has 11 aromatic carbocycles. The summed E-state index contributed by atoms with van der Waals surface area (Å²) >= 11 is 0. The lowest BCUT2D eigenvalue weighted by atomic mass is 9.93. The third-order valence-corrected chi connectivity index (χ3v) is 15.1. The number of aromatic nitrogens is 4. The van der Waals surface area contributed by atoms with Gasteiger partial charge in [-0.15, -0.1) is 0 Å². The van der Waals surface area contributed by atoms with Crippen molar-refractivity contribution in [1.82, 2.24) is 19.5 Å². The fourth-order valence-electron chi connectivity index (χ4n) is 11.5. The summed E-state index contributed by atoms with van der Waals surface area (Å²) in [5.74, 6) is 1.63. The lowest BCUT2D eigenvalue weighted by Gasteiger charge is -2.11. The van der Waals surface area contributed by atoms with Gasteiger partial charge in [0, 0.05) is 65.5 Å². The van der Waals surface area contributed by atoms with E-state index in [9.17, 15) is 0 Å². The highest BCUT2D eigenvalue weighted by Crippen LogP contribution is 2.45. The van der Waals surface area contributed by atoms with Gasteiger partial charge in [-0.1, -0.05) is 164 Å². The Morgan fingerprint density at radius 1 is 0.250 bits per heavy atom. The monoisotopic (exact) mass is 972 g/mol. The van der Waals surface area contributed by atoms with E-state index >= 15 is 0 Å². The van der Waals surface area contributed by atoms with E-state index in [-0.39, 0.29) is 0 Å². The van der Waals surface area contributed by atoms with E-state index in [1.165, 1.54) is 16.3 Å². The average molecular weight is 973 g/mol. The molecule has 0 atom stereocenters. The number of rotatable bonds is 7. The fourth-order valence-corrected chi connectivity index (χ4v) is 11.5. The predicted octanol–water partition coefficient (Wildman–Crippen LogP) is 18.7. The van der Waals surface area contributed by atoms with Crippen molar-refractivity contribution in [1.29, 1.82) is 0 Å². The van der Waals surface area contributed by atoms with Gasteiger partial charge >= 0.3 is 0 Å². The van der Waals surface area contributed by atoms with Gasteiger partial charge in [0.05, 0.1) is 11.0 Å². The Morgan fingerprint density at radius 2 is 0.789 bits per heavy atom. The van der Waals surface area contributed by atoms with Crippen LogP contribution in [0, 0.1) is 0 Å². The van der Waals surface area contributed by atoms with E-state index in [0.29, 0.717) is 17.5 Å². The van der Waals surface area contributed by atoms with E-state index in [1.807, 2.05) is 54.6 Å². The van der Waals surface area contributed by atoms with Crippen LogP contribution >= 0.6 is 0 Å². The zero-order chi connectivity index (χ0) is 49.8. The Balaban J connectivity index is 0.885. The topological polar surface area (TPSA) is 83.0 Å². The van der Waals surface area contributed by atoms with E-state index < -0.39 is 0 Å². The first-order chi connectivity index (χ1) is 37.6. The molecule has 0 N–H and O–H groups in total. The molecule has 0 radical (unpaired) electrons. The average Bonchev–Trinajstić information content (AvgIpc) is 4.31. The zero-order valence-corrected chi connectivity index (χ0v) is 40.6. The Morgan fingerprint density at radius 3 is 1.63 bits per heavy atom. The summed E-state index contributed by atoms with van der Waals surface area (Å²) in [6, 6.07) is 84.6. The van der Waals surface area contributed by atoms with Gasteiger partial charge in [-0.2, -0.15) is 0 Å². The molecule has 0 aliphatic rings. The number of nitrogens with zero attached hydrogens (tertiary/aromatic N) is 4. The number of para-hydroxylation sites is 4. The van der Waals surface area contributed by atoms with Crippen LogP contribution in [-0.2, 0) is 0 Å². The minimum Gasteiger partial charge on any atom is -0.456 e. The van der Waals surface area contributed by atoms with Crippen molar-refractivity contribution >= 4 is 87.6 Å². The van der Waals surface area contributed by atoms with E-state index in [0.717, 1.165) is 127 Å². The summed E-state index contributed by atoms with van der Waals surface area (Å²) < 4.78 is 22.2. The lowest BCUT2D eigenvalue weighted by Crippen LogP contribution is -2.00. The second kappa shape index (κ2) is 16.6. The first-order valence-electron chi connectivity index (χ1n) is 25.5. The van der Waals surface area contributed by atoms with Crippen LogP contribution in [0.5, 0.6) is 0 Å². The van der Waals surface area contributed by atoms with Crippen molar-refractivity contribution < 1.29 is 13.3 Å². The molecule has 354 valence electrons. The molecule has 7 heteroatoms. The van der Waals surface area contributed by atoms with Gasteiger partial charge in [0.2, 0.25) is 0 Å². The fraction of sp³-hybridized carbons (Fsp3) is 0. The van der Waals surface area contributed by atoms with E-state index in [1.54, 1.807) is 0 Å². The first-order valence-corrected chi connectivity index (χ1v) is 25.5. The second-order valence-corrected chi connectivity index (χ2v) is 19.5. The van der Waals surface area contributed by atoms with Crippen LogP contribution in [0.15, 0.2) is 256 Å². The van der Waals surface area contributed by atoms with Gasteiger partial charge in [-0.3, -0.25) is 0 Å². The van der Waals surface area contributed by atoms with Crippen molar-refractivity contribution in [2.75, 3.05) is 0 Å². The van der Waals surface area contributed by atoms with Crippen molar-refractivity contribution in [3.63, 3.8) is 0 Å². The second-order valence-electron chi connectivity index (χ2n) is 19.5. The highest BCUT2D eigenvalue weighted by molar-refractivity contribution is 6.17. The van der Waals surface area contributed by atoms with E-state index in [2.05, 4.69) is 193 Å². The number of fused-ring (bicyclic) bond motifs is 12. The molecule has 0 spiro atoms. The van der Waals surface area contributed by atoms with Crippen LogP contribution in [0.4, 0.5) is 0 Å². The molecule has 0 fully saturated rings. The Bertz CT molecular complexity index is 4990. The highest BCUT2D eigenvalue weighted by atomic mass is 16.3. The normalized spacial score (nSPS) is 11.9. The standard InChI is InChI=1S/C69H40N4O3/c1-3-14-41(15-4-1)42-26-28-43(29-27-42)67-70-68(46-31-34-52-51-19-8-11-23-59(51)75-63(52)39-46)72-69(71-67)54-21-13-25-62-66(54)56-36-45(32-35-61(56)74-62)55-37-47(40-64-65(55)53-20-9-12-24-60(53)76-64)44-30-33-50-49-18-7-10-22-57(49)73(58(50)38-44)48-16-5-2-6-17-48/h1-40H. The molecule has 0 amide bonds. The quantitative estimate of drug-likeness (QED) is 0.158. The maximum atomic E-state index is 6.74. The Hall–Kier alpha value is -10.4. The summed E-state index contributed by atoms with van der Waals surface area (Å²) in [5, 5.41) is 8.49. The van der Waals surface area contributed by atoms with Crippen molar-refractivity contribution in [3.05, 3.63) is 243 Å². The summed E-state index contributed by atoms with van der Waals surface area (Å²) in [6.45, 7) is 0. The predicted molar refractivity (Wildman–Crippen MR) is 309 cm³/mol. The summed E-state index contributed by atoms with van der Waals surface area (Å²) in [5.41, 5.74) is 17.2. The largest absolute Gasteiger partial charge is 0.456 e. The molecule has 0 saturated carbocycles. The molecule has 0 unspecified atom stereocenters. The molecular formula is C69H40N4O3. The van der Waals surface area contributed by atoms with Crippen LogP contribution < -0.4 is 0 Å². The third-order valence-electron chi connectivity index (χ3n) is 15.1. The molecule has 0 aliphatic carbocycles. The molecule has 5 aromatic heterocycles. The van der Waals surface area contributed by atoms with Gasteiger partial charge < -0.3 is 17.8 Å². The maximum Gasteiger partial charge on any atom is 0.164 e. The SMILES string of the molecule is c1ccc(-c2ccc(-c3nc(-c4ccc5c(c4)oc4ccccc45)nc(-c4cccc5oc6ccc(-c7cc(-c8ccc9c%10ccccc%10n(-c%10ccccc%10)c9c8)cc8oc9ccccc9c78)cc6c45)n3)cc2)cc1. The van der Waals surface area contributed by atoms with Gasteiger partial charge in [0.15, 0.2) is 17.5 Å². The summed E-state index contributed by atoms with van der Waals surface area (Å²) in [7, 11) is 0. The van der Waals surface area contributed by atoms with Gasteiger partial charge in [-0.25, -0.2) is 15.0 Å². The van der Waals surface area contributed by atoms with Crippen LogP contribution in [-0.4, -0.2) is 19.5 Å². The zero-order valence-electron chi connectivity index (χ0n) is 40.6. The molecule has 0 saturated heterocycles. The van der Waals surface area contributed by atoms with Crippen molar-refractivity contribution in [3.8, 4) is 73.2 Å². The molecule has 0 bridgehead atoms. The van der Waals surface area contributed by atoms with Crippen molar-refractivity contribution in [2.24, 2.45) is 0 Å². The molecule has 16 rings (SSSR count). The van der Waals surface area contributed by atoms with Gasteiger partial charge in [0.25, 0.3) is 0 Å². The molecule has 16 aromatic rings. The Kier molecular flexibility index (Phi) is 9.20. The first kappa shape index (κ1) is 42.2. The van der Waals surface area contributed by atoms with E-state index in [4.69, 9.17) is 28.2 Å². The number of benzene rings is 11. The summed E-state index contributed by atoms with van der Waals surface area (Å²) in [4.78, 5) is 15.8. The molecule has 76 heavy (non-hydrogen) atoms.